The van der Waals surface area contributed by atoms with Gasteiger partial charge in [-0.05, 0) is 37.6 Å². The lowest BCUT2D eigenvalue weighted by molar-refractivity contribution is 0.281. The number of aromatic nitrogens is 3. The third kappa shape index (κ3) is 1.85. The Morgan fingerprint density at radius 1 is 1.26 bits per heavy atom. The highest BCUT2D eigenvalue weighted by Gasteiger charge is 2.11. The van der Waals surface area contributed by atoms with Crippen LogP contribution in [0.15, 0.2) is 24.3 Å². The number of nitrogens with zero attached hydrogens (tertiary/aromatic N) is 2. The van der Waals surface area contributed by atoms with E-state index in [2.05, 4.69) is 26.7 Å². The monoisotopic (exact) mass is 255 g/mol. The van der Waals surface area contributed by atoms with Crippen LogP contribution < -0.4 is 0 Å². The van der Waals surface area contributed by atoms with Crippen molar-refractivity contribution in [3.63, 3.8) is 0 Å². The number of imidazole rings is 1. The van der Waals surface area contributed by atoms with E-state index in [4.69, 9.17) is 0 Å². The van der Waals surface area contributed by atoms with E-state index < -0.39 is 0 Å². The van der Waals surface area contributed by atoms with Gasteiger partial charge in [0.25, 0.3) is 0 Å². The van der Waals surface area contributed by atoms with Crippen LogP contribution in [0.25, 0.3) is 22.3 Å². The number of hydrogen-bond donors (Lipinski definition) is 2. The number of aryl methyl sites for hydroxylation is 1. The Bertz CT molecular complexity index is 752. The fraction of sp³-hybridized carbons (Fsp3) is 0.267. The molecule has 0 aliphatic rings. The Morgan fingerprint density at radius 2 is 2.05 bits per heavy atom. The standard InChI is InChI=1S/C15H17N3O/c1-9-12(8-19)7-15(18(9)3)11-4-5-13-14(6-11)17-10(2)16-13/h4-7,19H,8H2,1-3H3,(H,16,17). The van der Waals surface area contributed by atoms with Crippen LogP contribution in [0.5, 0.6) is 0 Å². The minimum atomic E-state index is 0.0745. The van der Waals surface area contributed by atoms with Crippen molar-refractivity contribution in [3.8, 4) is 11.3 Å². The van der Waals surface area contributed by atoms with Crippen LogP contribution in [0.2, 0.25) is 0 Å². The summed E-state index contributed by atoms with van der Waals surface area (Å²) in [7, 11) is 2.02. The number of rotatable bonds is 2. The third-order valence-electron chi connectivity index (χ3n) is 3.71. The number of aliphatic hydroxyl groups is 1. The molecular weight excluding hydrogens is 238 g/mol. The number of benzene rings is 1. The van der Waals surface area contributed by atoms with Crippen LogP contribution in [0, 0.1) is 13.8 Å². The lowest BCUT2D eigenvalue weighted by atomic mass is 10.1. The first-order valence-corrected chi connectivity index (χ1v) is 6.33. The molecule has 98 valence electrons. The van der Waals surface area contributed by atoms with Gasteiger partial charge < -0.3 is 14.7 Å². The van der Waals surface area contributed by atoms with E-state index in [1.54, 1.807) is 0 Å². The van der Waals surface area contributed by atoms with E-state index in [-0.39, 0.29) is 6.61 Å². The average molecular weight is 255 g/mol. The Morgan fingerprint density at radius 3 is 2.74 bits per heavy atom. The maximum atomic E-state index is 9.35. The second-order valence-electron chi connectivity index (χ2n) is 4.91. The molecule has 0 saturated heterocycles. The Labute approximate surface area is 111 Å². The predicted molar refractivity (Wildman–Crippen MR) is 75.9 cm³/mol. The summed E-state index contributed by atoms with van der Waals surface area (Å²) >= 11 is 0. The van der Waals surface area contributed by atoms with Crippen molar-refractivity contribution in [3.05, 3.63) is 41.3 Å². The maximum absolute atomic E-state index is 9.35. The normalized spacial score (nSPS) is 11.4. The van der Waals surface area contributed by atoms with E-state index in [0.717, 1.165) is 39.4 Å². The SMILES string of the molecule is Cc1nc2ccc(-c3cc(CO)c(C)n3C)cc2[nH]1. The largest absolute Gasteiger partial charge is 0.392 e. The number of hydrogen-bond acceptors (Lipinski definition) is 2. The van der Waals surface area contributed by atoms with Crippen molar-refractivity contribution in [2.45, 2.75) is 20.5 Å². The molecule has 0 aliphatic carbocycles. The second-order valence-corrected chi connectivity index (χ2v) is 4.91. The van der Waals surface area contributed by atoms with Gasteiger partial charge in [-0.3, -0.25) is 0 Å². The van der Waals surface area contributed by atoms with Crippen LogP contribution in [0.4, 0.5) is 0 Å². The molecule has 2 heterocycles. The highest BCUT2D eigenvalue weighted by Crippen LogP contribution is 2.27. The summed E-state index contributed by atoms with van der Waals surface area (Å²) in [5.41, 5.74) is 6.32. The third-order valence-corrected chi connectivity index (χ3v) is 3.71. The van der Waals surface area contributed by atoms with Crippen molar-refractivity contribution in [2.24, 2.45) is 7.05 Å². The number of aliphatic hydroxyl groups excluding tert-OH is 1. The quantitative estimate of drug-likeness (QED) is 0.739. The molecule has 3 rings (SSSR count). The molecule has 0 radical (unpaired) electrons. The first-order chi connectivity index (χ1) is 9.10. The van der Waals surface area contributed by atoms with Crippen molar-refractivity contribution in [1.29, 1.82) is 0 Å². The summed E-state index contributed by atoms with van der Waals surface area (Å²) in [6, 6.07) is 8.23. The smallest absolute Gasteiger partial charge is 0.104 e. The van der Waals surface area contributed by atoms with Crippen molar-refractivity contribution >= 4 is 11.0 Å². The van der Waals surface area contributed by atoms with Crippen LogP contribution in [0.3, 0.4) is 0 Å². The first-order valence-electron chi connectivity index (χ1n) is 6.33. The average Bonchev–Trinajstić information content (AvgIpc) is 2.90. The van der Waals surface area contributed by atoms with Gasteiger partial charge in [0.15, 0.2) is 0 Å². The molecule has 0 unspecified atom stereocenters. The maximum Gasteiger partial charge on any atom is 0.104 e. The molecule has 4 heteroatoms. The molecule has 19 heavy (non-hydrogen) atoms. The fourth-order valence-corrected chi connectivity index (χ4v) is 2.50. The number of nitrogens with one attached hydrogen (secondary N) is 1. The summed E-state index contributed by atoms with van der Waals surface area (Å²) in [4.78, 5) is 7.66. The predicted octanol–water partition coefficient (Wildman–Crippen LogP) is 2.68. The highest BCUT2D eigenvalue weighted by atomic mass is 16.3. The van der Waals surface area contributed by atoms with Crippen molar-refractivity contribution in [1.82, 2.24) is 14.5 Å². The fourth-order valence-electron chi connectivity index (χ4n) is 2.50. The van der Waals surface area contributed by atoms with Gasteiger partial charge in [-0.15, -0.1) is 0 Å². The molecule has 0 fully saturated rings. The minimum absolute atomic E-state index is 0.0745. The molecule has 0 spiro atoms. The Hall–Kier alpha value is -2.07. The molecule has 0 bridgehead atoms. The van der Waals surface area contributed by atoms with Crippen LogP contribution in [-0.2, 0) is 13.7 Å². The zero-order valence-corrected chi connectivity index (χ0v) is 11.4. The van der Waals surface area contributed by atoms with E-state index in [0.29, 0.717) is 0 Å². The van der Waals surface area contributed by atoms with Crippen molar-refractivity contribution in [2.75, 3.05) is 0 Å². The zero-order valence-electron chi connectivity index (χ0n) is 11.4. The molecule has 3 aromatic rings. The van der Waals surface area contributed by atoms with Gasteiger partial charge in [-0.1, -0.05) is 6.07 Å². The van der Waals surface area contributed by atoms with Crippen LogP contribution in [-0.4, -0.2) is 19.6 Å². The molecule has 2 N–H and O–H groups in total. The highest BCUT2D eigenvalue weighted by molar-refractivity contribution is 5.81. The molecule has 2 aromatic heterocycles. The number of aromatic amines is 1. The molecule has 1 aromatic carbocycles. The van der Waals surface area contributed by atoms with Gasteiger partial charge in [0.05, 0.1) is 17.6 Å². The number of H-pyrrole nitrogens is 1. The Balaban J connectivity index is 2.18. The zero-order chi connectivity index (χ0) is 13.6. The summed E-state index contributed by atoms with van der Waals surface area (Å²) in [6.45, 7) is 4.05. The lowest BCUT2D eigenvalue weighted by Crippen LogP contribution is -1.95. The minimum Gasteiger partial charge on any atom is -0.392 e. The number of fused-ring (bicyclic) bond motifs is 1. The van der Waals surface area contributed by atoms with Gasteiger partial charge in [0.1, 0.15) is 5.82 Å². The first kappa shape index (κ1) is 12.0. The van der Waals surface area contributed by atoms with Gasteiger partial charge in [-0.2, -0.15) is 0 Å². The van der Waals surface area contributed by atoms with Gasteiger partial charge in [-0.25, -0.2) is 4.98 Å². The van der Waals surface area contributed by atoms with Gasteiger partial charge >= 0.3 is 0 Å². The molecule has 4 nitrogen and oxygen atoms in total. The van der Waals surface area contributed by atoms with Crippen LogP contribution in [0.1, 0.15) is 17.1 Å². The topological polar surface area (TPSA) is 53.8 Å². The molecular formula is C15H17N3O. The van der Waals surface area contributed by atoms with E-state index in [1.807, 2.05) is 33.0 Å². The molecule has 0 amide bonds. The summed E-state index contributed by atoms with van der Waals surface area (Å²) in [5, 5.41) is 9.35. The second kappa shape index (κ2) is 4.24. The molecule has 0 aliphatic heterocycles. The van der Waals surface area contributed by atoms with Crippen LogP contribution >= 0.6 is 0 Å². The van der Waals surface area contributed by atoms with E-state index in [9.17, 15) is 5.11 Å². The lowest BCUT2D eigenvalue weighted by Gasteiger charge is -2.05. The van der Waals surface area contributed by atoms with Gasteiger partial charge in [0.2, 0.25) is 0 Å². The van der Waals surface area contributed by atoms with Gasteiger partial charge in [0, 0.05) is 24.0 Å². The summed E-state index contributed by atoms with van der Waals surface area (Å²) < 4.78 is 2.11. The summed E-state index contributed by atoms with van der Waals surface area (Å²) in [6.07, 6.45) is 0. The molecule has 0 saturated carbocycles. The van der Waals surface area contributed by atoms with Crippen molar-refractivity contribution < 1.29 is 5.11 Å². The summed E-state index contributed by atoms with van der Waals surface area (Å²) in [5.74, 6) is 0.922. The Kier molecular flexibility index (Phi) is 2.68. The van der Waals surface area contributed by atoms with E-state index >= 15 is 0 Å². The molecule has 0 atom stereocenters. The van der Waals surface area contributed by atoms with E-state index in [1.165, 1.54) is 0 Å².